The van der Waals surface area contributed by atoms with Crippen LogP contribution in [0.3, 0.4) is 0 Å². The third-order valence-corrected chi connectivity index (χ3v) is 3.63. The van der Waals surface area contributed by atoms with Gasteiger partial charge < -0.3 is 20.7 Å². The van der Waals surface area contributed by atoms with Gasteiger partial charge in [0.15, 0.2) is 0 Å². The first-order valence-electron chi connectivity index (χ1n) is 7.44. The Morgan fingerprint density at radius 3 is 2.45 bits per heavy atom. The summed E-state index contributed by atoms with van der Waals surface area (Å²) in [7, 11) is 1.54. The monoisotopic (exact) mass is 285 g/mol. The molecule has 1 rings (SSSR count). The minimum atomic E-state index is -0.253. The van der Waals surface area contributed by atoms with Crippen molar-refractivity contribution in [1.82, 2.24) is 10.2 Å². The smallest absolute Gasteiger partial charge is 0.224 e. The minimum absolute atomic E-state index is 0.119. The normalized spacial score (nSPS) is 17.4. The average Bonchev–Trinajstić information content (AvgIpc) is 2.73. The number of hydrogen-bond donors (Lipinski definition) is 2. The molecule has 1 unspecified atom stereocenters. The molecular formula is C14H27N3O3. The molecule has 0 saturated carbocycles. The standard InChI is InChI=1S/C14H27N3O3/c1-20-12(11-15)10-13(18)16-7-6-14(19)17-8-4-2-3-5-9-17/h12H,2-11,15H2,1H3,(H,16,18). The fourth-order valence-electron chi connectivity index (χ4n) is 2.33. The summed E-state index contributed by atoms with van der Waals surface area (Å²) in [5.74, 6) is 0.0142. The van der Waals surface area contributed by atoms with Crippen molar-refractivity contribution in [3.63, 3.8) is 0 Å². The first-order valence-corrected chi connectivity index (χ1v) is 7.44. The molecule has 0 aromatic carbocycles. The van der Waals surface area contributed by atoms with Crippen molar-refractivity contribution in [3.05, 3.63) is 0 Å². The molecule has 0 bridgehead atoms. The van der Waals surface area contributed by atoms with E-state index in [0.29, 0.717) is 19.5 Å². The topological polar surface area (TPSA) is 84.7 Å². The van der Waals surface area contributed by atoms with Gasteiger partial charge in [-0.2, -0.15) is 0 Å². The second-order valence-electron chi connectivity index (χ2n) is 5.19. The Bertz CT molecular complexity index is 298. The van der Waals surface area contributed by atoms with Crippen molar-refractivity contribution in [2.24, 2.45) is 5.73 Å². The molecule has 6 nitrogen and oxygen atoms in total. The SMILES string of the molecule is COC(CN)CC(=O)NCCC(=O)N1CCCCCC1. The number of methoxy groups -OCH3 is 1. The summed E-state index contributed by atoms with van der Waals surface area (Å²) in [6, 6.07) is 0. The number of ether oxygens (including phenoxy) is 1. The molecule has 6 heteroatoms. The summed E-state index contributed by atoms with van der Waals surface area (Å²) < 4.78 is 5.05. The van der Waals surface area contributed by atoms with Gasteiger partial charge in [-0.25, -0.2) is 0 Å². The van der Waals surface area contributed by atoms with E-state index in [0.717, 1.165) is 25.9 Å². The molecule has 116 valence electrons. The lowest BCUT2D eigenvalue weighted by Gasteiger charge is -2.20. The van der Waals surface area contributed by atoms with Gasteiger partial charge >= 0.3 is 0 Å². The number of nitrogens with two attached hydrogens (primary N) is 1. The molecule has 0 aliphatic carbocycles. The molecular weight excluding hydrogens is 258 g/mol. The van der Waals surface area contributed by atoms with E-state index >= 15 is 0 Å². The fourth-order valence-corrected chi connectivity index (χ4v) is 2.33. The van der Waals surface area contributed by atoms with Crippen LogP contribution in [0.25, 0.3) is 0 Å². The summed E-state index contributed by atoms with van der Waals surface area (Å²) in [4.78, 5) is 25.5. The minimum Gasteiger partial charge on any atom is -0.380 e. The maximum Gasteiger partial charge on any atom is 0.224 e. The van der Waals surface area contributed by atoms with Crippen molar-refractivity contribution in [3.8, 4) is 0 Å². The van der Waals surface area contributed by atoms with E-state index in [1.807, 2.05) is 4.90 Å². The summed E-state index contributed by atoms with van der Waals surface area (Å²) in [5, 5.41) is 2.75. The zero-order valence-electron chi connectivity index (χ0n) is 12.4. The fraction of sp³-hybridized carbons (Fsp3) is 0.857. The van der Waals surface area contributed by atoms with Gasteiger partial charge in [-0.1, -0.05) is 12.8 Å². The zero-order valence-corrected chi connectivity index (χ0v) is 12.4. The lowest BCUT2D eigenvalue weighted by Crippen LogP contribution is -2.36. The van der Waals surface area contributed by atoms with E-state index in [-0.39, 0.29) is 24.3 Å². The van der Waals surface area contributed by atoms with Gasteiger partial charge in [0.2, 0.25) is 11.8 Å². The van der Waals surface area contributed by atoms with Crippen molar-refractivity contribution < 1.29 is 14.3 Å². The first-order chi connectivity index (χ1) is 9.67. The highest BCUT2D eigenvalue weighted by molar-refractivity contribution is 5.79. The van der Waals surface area contributed by atoms with E-state index in [4.69, 9.17) is 10.5 Å². The number of carbonyl (C=O) groups excluding carboxylic acids is 2. The van der Waals surface area contributed by atoms with Crippen LogP contribution in [-0.2, 0) is 14.3 Å². The Morgan fingerprint density at radius 1 is 1.25 bits per heavy atom. The van der Waals surface area contributed by atoms with Crippen LogP contribution in [0.5, 0.6) is 0 Å². The van der Waals surface area contributed by atoms with Crippen LogP contribution < -0.4 is 11.1 Å². The number of amides is 2. The van der Waals surface area contributed by atoms with Gasteiger partial charge in [0.05, 0.1) is 12.5 Å². The molecule has 1 fully saturated rings. The Labute approximate surface area is 121 Å². The van der Waals surface area contributed by atoms with Gasteiger partial charge in [-0.15, -0.1) is 0 Å². The average molecular weight is 285 g/mol. The van der Waals surface area contributed by atoms with Gasteiger partial charge in [-0.3, -0.25) is 9.59 Å². The third-order valence-electron chi connectivity index (χ3n) is 3.63. The summed E-state index contributed by atoms with van der Waals surface area (Å²) in [5.41, 5.74) is 5.45. The van der Waals surface area contributed by atoms with Crippen LogP contribution >= 0.6 is 0 Å². The molecule has 0 radical (unpaired) electrons. The lowest BCUT2D eigenvalue weighted by molar-refractivity contribution is -0.131. The van der Waals surface area contributed by atoms with Crippen molar-refractivity contribution in [1.29, 1.82) is 0 Å². The van der Waals surface area contributed by atoms with Crippen molar-refractivity contribution in [2.75, 3.05) is 33.3 Å². The molecule has 0 aromatic heterocycles. The molecule has 3 N–H and O–H groups in total. The van der Waals surface area contributed by atoms with Crippen molar-refractivity contribution >= 4 is 11.8 Å². The number of nitrogens with one attached hydrogen (secondary N) is 1. The van der Waals surface area contributed by atoms with E-state index in [9.17, 15) is 9.59 Å². The summed E-state index contributed by atoms with van der Waals surface area (Å²) in [6.45, 7) is 2.41. The predicted octanol–water partition coefficient (Wildman–Crippen LogP) is 0.259. The van der Waals surface area contributed by atoms with Crippen LogP contribution in [0.2, 0.25) is 0 Å². The van der Waals surface area contributed by atoms with E-state index < -0.39 is 0 Å². The summed E-state index contributed by atoms with van der Waals surface area (Å²) >= 11 is 0. The number of nitrogens with zero attached hydrogens (tertiary/aromatic N) is 1. The highest BCUT2D eigenvalue weighted by atomic mass is 16.5. The molecule has 1 heterocycles. The Hall–Kier alpha value is -1.14. The maximum atomic E-state index is 12.0. The van der Waals surface area contributed by atoms with E-state index in [1.165, 1.54) is 20.0 Å². The van der Waals surface area contributed by atoms with Crippen LogP contribution in [0, 0.1) is 0 Å². The van der Waals surface area contributed by atoms with Gasteiger partial charge in [0.1, 0.15) is 0 Å². The second kappa shape index (κ2) is 9.72. The Balaban J connectivity index is 2.18. The van der Waals surface area contributed by atoms with Crippen LogP contribution in [0.4, 0.5) is 0 Å². The quantitative estimate of drug-likeness (QED) is 0.702. The highest BCUT2D eigenvalue weighted by Crippen LogP contribution is 2.10. The molecule has 0 spiro atoms. The van der Waals surface area contributed by atoms with Crippen molar-refractivity contribution in [2.45, 2.75) is 44.6 Å². The molecule has 2 amide bonds. The third kappa shape index (κ3) is 6.34. The predicted molar refractivity (Wildman–Crippen MR) is 77.1 cm³/mol. The lowest BCUT2D eigenvalue weighted by atomic mass is 10.2. The number of rotatable bonds is 7. The molecule has 20 heavy (non-hydrogen) atoms. The van der Waals surface area contributed by atoms with Crippen LogP contribution in [0.1, 0.15) is 38.5 Å². The van der Waals surface area contributed by atoms with Gasteiger partial charge in [0.25, 0.3) is 0 Å². The maximum absolute atomic E-state index is 12.0. The zero-order chi connectivity index (χ0) is 14.8. The molecule has 1 aliphatic rings. The van der Waals surface area contributed by atoms with E-state index in [1.54, 1.807) is 0 Å². The number of hydrogen-bond acceptors (Lipinski definition) is 4. The van der Waals surface area contributed by atoms with Gasteiger partial charge in [-0.05, 0) is 12.8 Å². The van der Waals surface area contributed by atoms with Crippen LogP contribution in [-0.4, -0.2) is 56.1 Å². The largest absolute Gasteiger partial charge is 0.380 e. The highest BCUT2D eigenvalue weighted by Gasteiger charge is 2.16. The number of carbonyl (C=O) groups is 2. The summed E-state index contributed by atoms with van der Waals surface area (Å²) in [6.07, 6.45) is 4.94. The Kier molecular flexibility index (Phi) is 8.22. The second-order valence-corrected chi connectivity index (χ2v) is 5.19. The molecule has 1 atom stereocenters. The van der Waals surface area contributed by atoms with Crippen LogP contribution in [0.15, 0.2) is 0 Å². The molecule has 1 saturated heterocycles. The Morgan fingerprint density at radius 2 is 1.90 bits per heavy atom. The van der Waals surface area contributed by atoms with E-state index in [2.05, 4.69) is 5.32 Å². The first kappa shape index (κ1) is 16.9. The number of likely N-dealkylation sites (tertiary alicyclic amines) is 1. The van der Waals surface area contributed by atoms with Gasteiger partial charge in [0, 0.05) is 39.7 Å². The molecule has 1 aliphatic heterocycles. The molecule has 0 aromatic rings.